The summed E-state index contributed by atoms with van der Waals surface area (Å²) in [4.78, 5) is 25.5. The number of rotatable bonds is 12. The molecule has 1 aliphatic heterocycles. The van der Waals surface area contributed by atoms with Crippen molar-refractivity contribution in [3.63, 3.8) is 0 Å². The molecule has 1 atom stereocenters. The summed E-state index contributed by atoms with van der Waals surface area (Å²) >= 11 is 0. The van der Waals surface area contributed by atoms with Crippen molar-refractivity contribution >= 4 is 18.0 Å². The highest BCUT2D eigenvalue weighted by atomic mass is 16.7. The average Bonchev–Trinajstić information content (AvgIpc) is 3.31. The molecule has 35 heavy (non-hydrogen) atoms. The molecule has 0 aliphatic carbocycles. The number of hydrogen-bond donors (Lipinski definition) is 2. The number of nitrogens with zero attached hydrogens (tertiary/aromatic N) is 1. The maximum absolute atomic E-state index is 12.8. The number of amides is 2. The predicted molar refractivity (Wildman–Crippen MR) is 132 cm³/mol. The van der Waals surface area contributed by atoms with Crippen molar-refractivity contribution in [2.24, 2.45) is 11.0 Å². The fourth-order valence-electron chi connectivity index (χ4n) is 3.36. The van der Waals surface area contributed by atoms with E-state index >= 15 is 0 Å². The van der Waals surface area contributed by atoms with Gasteiger partial charge in [0.2, 0.25) is 6.79 Å². The fourth-order valence-corrected chi connectivity index (χ4v) is 3.36. The Labute approximate surface area is 205 Å². The van der Waals surface area contributed by atoms with E-state index in [2.05, 4.69) is 22.8 Å². The number of carbonyl (C=O) groups excluding carboxylic acids is 2. The van der Waals surface area contributed by atoms with Crippen LogP contribution in [0.25, 0.3) is 0 Å². The molecule has 2 aromatic carbocycles. The maximum Gasteiger partial charge on any atom is 0.262 e. The van der Waals surface area contributed by atoms with Crippen LogP contribution in [0.5, 0.6) is 23.0 Å². The zero-order chi connectivity index (χ0) is 25.2. The molecule has 0 saturated heterocycles. The highest BCUT2D eigenvalue weighted by Crippen LogP contribution is 2.32. The molecule has 0 radical (unpaired) electrons. The fraction of sp³-hybridized carbons (Fsp3) is 0.423. The highest BCUT2D eigenvalue weighted by Gasteiger charge is 2.25. The van der Waals surface area contributed by atoms with E-state index in [1.165, 1.54) is 6.21 Å². The minimum Gasteiger partial charge on any atom is -0.490 e. The molecule has 1 heterocycles. The molecule has 3 rings (SSSR count). The molecule has 1 aliphatic rings. The van der Waals surface area contributed by atoms with Crippen molar-refractivity contribution in [2.45, 2.75) is 46.6 Å². The molecule has 0 aromatic heterocycles. The van der Waals surface area contributed by atoms with Gasteiger partial charge in [0.05, 0.1) is 19.4 Å². The van der Waals surface area contributed by atoms with Crippen LogP contribution in [0.4, 0.5) is 0 Å². The Morgan fingerprint density at radius 3 is 2.60 bits per heavy atom. The van der Waals surface area contributed by atoms with Gasteiger partial charge < -0.3 is 24.3 Å². The van der Waals surface area contributed by atoms with Gasteiger partial charge in [-0.3, -0.25) is 9.59 Å². The standard InChI is InChI=1S/C26H33N3O6/c1-5-7-12-33-20-10-8-18(13-22(20)32-6-2)15-27-29-26(31)24(17(3)4)28-25(30)19-9-11-21-23(14-19)35-16-34-21/h8-11,13-15,17,24H,5-7,12,16H2,1-4H3,(H,28,30)(H,29,31)/b27-15+. The lowest BCUT2D eigenvalue weighted by Crippen LogP contribution is -2.48. The van der Waals surface area contributed by atoms with Crippen LogP contribution >= 0.6 is 0 Å². The third kappa shape index (κ3) is 7.11. The number of carbonyl (C=O) groups is 2. The smallest absolute Gasteiger partial charge is 0.262 e. The Hall–Kier alpha value is -3.75. The Morgan fingerprint density at radius 2 is 1.86 bits per heavy atom. The van der Waals surface area contributed by atoms with Crippen molar-refractivity contribution in [1.29, 1.82) is 0 Å². The lowest BCUT2D eigenvalue weighted by Gasteiger charge is -2.20. The zero-order valence-corrected chi connectivity index (χ0v) is 20.6. The van der Waals surface area contributed by atoms with Crippen molar-refractivity contribution < 1.29 is 28.5 Å². The van der Waals surface area contributed by atoms with Gasteiger partial charge in [0, 0.05) is 5.56 Å². The quantitative estimate of drug-likeness (QED) is 0.269. The number of fused-ring (bicyclic) bond motifs is 1. The maximum atomic E-state index is 12.8. The number of hydrazone groups is 1. The van der Waals surface area contributed by atoms with Crippen molar-refractivity contribution in [3.8, 4) is 23.0 Å². The first-order valence-electron chi connectivity index (χ1n) is 11.9. The predicted octanol–water partition coefficient (Wildman–Crippen LogP) is 3.90. The van der Waals surface area contributed by atoms with E-state index < -0.39 is 11.9 Å². The molecule has 0 fully saturated rings. The Bertz CT molecular complexity index is 1050. The van der Waals surface area contributed by atoms with E-state index in [-0.39, 0.29) is 18.6 Å². The molecular formula is C26H33N3O6. The van der Waals surface area contributed by atoms with Gasteiger partial charge >= 0.3 is 0 Å². The summed E-state index contributed by atoms with van der Waals surface area (Å²) in [6, 6.07) is 9.58. The van der Waals surface area contributed by atoms with Gasteiger partial charge in [-0.05, 0) is 61.2 Å². The largest absolute Gasteiger partial charge is 0.490 e. The van der Waals surface area contributed by atoms with Gasteiger partial charge in [0.15, 0.2) is 23.0 Å². The molecule has 1 unspecified atom stereocenters. The molecule has 2 aromatic rings. The summed E-state index contributed by atoms with van der Waals surface area (Å²) in [5.74, 6) is 1.41. The Morgan fingerprint density at radius 1 is 1.06 bits per heavy atom. The molecule has 188 valence electrons. The van der Waals surface area contributed by atoms with Gasteiger partial charge in [0.1, 0.15) is 6.04 Å². The molecule has 9 heteroatoms. The second-order valence-corrected chi connectivity index (χ2v) is 8.34. The van der Waals surface area contributed by atoms with Gasteiger partial charge in [-0.1, -0.05) is 27.2 Å². The summed E-state index contributed by atoms with van der Waals surface area (Å²) in [5, 5.41) is 6.84. The van der Waals surface area contributed by atoms with Crippen LogP contribution in [-0.2, 0) is 4.79 Å². The first-order valence-corrected chi connectivity index (χ1v) is 11.9. The van der Waals surface area contributed by atoms with Crippen LogP contribution in [0.3, 0.4) is 0 Å². The Balaban J connectivity index is 1.62. The lowest BCUT2D eigenvalue weighted by atomic mass is 10.0. The molecule has 0 bridgehead atoms. The van der Waals surface area contributed by atoms with Crippen molar-refractivity contribution in [1.82, 2.24) is 10.7 Å². The molecule has 9 nitrogen and oxygen atoms in total. The van der Waals surface area contributed by atoms with Crippen LogP contribution in [0.15, 0.2) is 41.5 Å². The SMILES string of the molecule is CCCCOc1ccc(/C=N/NC(=O)C(NC(=O)c2ccc3c(c2)OCO3)C(C)C)cc1OCC. The number of unbranched alkanes of at least 4 members (excludes halogenated alkanes) is 1. The number of benzene rings is 2. The Kier molecular flexibility index (Phi) is 9.34. The number of nitrogens with one attached hydrogen (secondary N) is 2. The van der Waals surface area contributed by atoms with Crippen LogP contribution in [0.2, 0.25) is 0 Å². The summed E-state index contributed by atoms with van der Waals surface area (Å²) in [6.45, 7) is 8.94. The monoisotopic (exact) mass is 483 g/mol. The average molecular weight is 484 g/mol. The highest BCUT2D eigenvalue weighted by molar-refractivity contribution is 5.98. The van der Waals surface area contributed by atoms with Gasteiger partial charge in [-0.15, -0.1) is 0 Å². The summed E-state index contributed by atoms with van der Waals surface area (Å²) in [6.07, 6.45) is 3.53. The van der Waals surface area contributed by atoms with Crippen LogP contribution in [-0.4, -0.2) is 44.1 Å². The summed E-state index contributed by atoms with van der Waals surface area (Å²) in [7, 11) is 0. The van der Waals surface area contributed by atoms with Gasteiger partial charge in [-0.25, -0.2) is 5.43 Å². The first kappa shape index (κ1) is 25.9. The summed E-state index contributed by atoms with van der Waals surface area (Å²) in [5.41, 5.74) is 3.63. The van der Waals surface area contributed by atoms with Crippen molar-refractivity contribution in [3.05, 3.63) is 47.5 Å². The second-order valence-electron chi connectivity index (χ2n) is 8.34. The van der Waals surface area contributed by atoms with E-state index in [9.17, 15) is 9.59 Å². The van der Waals surface area contributed by atoms with E-state index in [1.54, 1.807) is 18.2 Å². The van der Waals surface area contributed by atoms with Gasteiger partial charge in [-0.2, -0.15) is 5.10 Å². The number of hydrogen-bond acceptors (Lipinski definition) is 7. The minimum absolute atomic E-state index is 0.121. The molecular weight excluding hydrogens is 450 g/mol. The van der Waals surface area contributed by atoms with E-state index in [1.807, 2.05) is 39.0 Å². The van der Waals surface area contributed by atoms with Crippen LogP contribution < -0.4 is 29.7 Å². The van der Waals surface area contributed by atoms with E-state index in [0.717, 1.165) is 18.4 Å². The molecule has 0 spiro atoms. The van der Waals surface area contributed by atoms with E-state index in [0.29, 0.717) is 41.8 Å². The topological polar surface area (TPSA) is 107 Å². The lowest BCUT2D eigenvalue weighted by molar-refractivity contribution is -0.123. The van der Waals surface area contributed by atoms with Crippen molar-refractivity contribution in [2.75, 3.05) is 20.0 Å². The van der Waals surface area contributed by atoms with Crippen LogP contribution in [0, 0.1) is 5.92 Å². The number of ether oxygens (including phenoxy) is 4. The second kappa shape index (κ2) is 12.6. The first-order chi connectivity index (χ1) is 16.9. The van der Waals surface area contributed by atoms with Gasteiger partial charge in [0.25, 0.3) is 11.8 Å². The molecule has 0 saturated carbocycles. The molecule has 2 N–H and O–H groups in total. The zero-order valence-electron chi connectivity index (χ0n) is 20.6. The minimum atomic E-state index is -0.779. The normalized spacial score (nSPS) is 13.1. The third-order valence-corrected chi connectivity index (χ3v) is 5.28. The van der Waals surface area contributed by atoms with Crippen LogP contribution in [0.1, 0.15) is 56.5 Å². The van der Waals surface area contributed by atoms with E-state index in [4.69, 9.17) is 18.9 Å². The third-order valence-electron chi connectivity index (χ3n) is 5.28. The molecule has 2 amide bonds. The summed E-state index contributed by atoms with van der Waals surface area (Å²) < 4.78 is 22.1.